The van der Waals surface area contributed by atoms with Crippen molar-refractivity contribution in [3.8, 4) is 0 Å². The number of halogens is 3. The normalized spacial score (nSPS) is 15.0. The van der Waals surface area contributed by atoms with Gasteiger partial charge in [0.05, 0.1) is 0 Å². The summed E-state index contributed by atoms with van der Waals surface area (Å²) in [4.78, 5) is 16.3. The van der Waals surface area contributed by atoms with Crippen molar-refractivity contribution >= 4 is 23.4 Å². The van der Waals surface area contributed by atoms with E-state index in [1.165, 1.54) is 17.8 Å². The summed E-state index contributed by atoms with van der Waals surface area (Å²) in [5.41, 5.74) is 0.657. The van der Waals surface area contributed by atoms with Crippen LogP contribution in [0.1, 0.15) is 58.2 Å². The van der Waals surface area contributed by atoms with Crippen LogP contribution in [-0.4, -0.2) is 25.7 Å². The number of hydrogen-bond donors (Lipinski definition) is 1. The standard InChI is InChI=1S/C21H20F3N5OS/c1-12(31-20-28-25-11-29(20)2)14-4-3-5-16(8-14)26-19(30)17-9-15(13-6-7-13)10-18(27-17)21(22,23)24/h3-5,8-13H,6-7H2,1-2H3,(H,26,30)/t12-/m0/s1. The van der Waals surface area contributed by atoms with Crippen molar-refractivity contribution in [1.82, 2.24) is 19.7 Å². The van der Waals surface area contributed by atoms with E-state index in [4.69, 9.17) is 0 Å². The number of amides is 1. The lowest BCUT2D eigenvalue weighted by molar-refractivity contribution is -0.141. The van der Waals surface area contributed by atoms with Gasteiger partial charge in [0.25, 0.3) is 5.91 Å². The lowest BCUT2D eigenvalue weighted by Gasteiger charge is -2.14. The fourth-order valence-electron chi connectivity index (χ4n) is 3.14. The maximum atomic E-state index is 13.2. The summed E-state index contributed by atoms with van der Waals surface area (Å²) < 4.78 is 41.5. The van der Waals surface area contributed by atoms with Gasteiger partial charge in [-0.05, 0) is 61.1 Å². The monoisotopic (exact) mass is 447 g/mol. The molecular weight excluding hydrogens is 427 g/mol. The van der Waals surface area contributed by atoms with E-state index in [1.807, 2.05) is 24.6 Å². The van der Waals surface area contributed by atoms with E-state index in [-0.39, 0.29) is 16.9 Å². The smallest absolute Gasteiger partial charge is 0.321 e. The molecule has 6 nitrogen and oxygen atoms in total. The molecule has 0 radical (unpaired) electrons. The number of hydrogen-bond acceptors (Lipinski definition) is 5. The Morgan fingerprint density at radius 3 is 2.68 bits per heavy atom. The Balaban J connectivity index is 1.53. The van der Waals surface area contributed by atoms with Crippen molar-refractivity contribution in [1.29, 1.82) is 0 Å². The summed E-state index contributed by atoms with van der Waals surface area (Å²) in [6, 6.07) is 9.68. The van der Waals surface area contributed by atoms with Crippen LogP contribution >= 0.6 is 11.8 Å². The molecule has 1 aromatic carbocycles. The Morgan fingerprint density at radius 2 is 2.03 bits per heavy atom. The Kier molecular flexibility index (Phi) is 5.74. The highest BCUT2D eigenvalue weighted by atomic mass is 32.2. The maximum Gasteiger partial charge on any atom is 0.433 e. The van der Waals surface area contributed by atoms with Crippen molar-refractivity contribution < 1.29 is 18.0 Å². The second kappa shape index (κ2) is 8.33. The zero-order valence-electron chi connectivity index (χ0n) is 16.8. The molecule has 0 bridgehead atoms. The lowest BCUT2D eigenvalue weighted by Crippen LogP contribution is -2.18. The maximum absolute atomic E-state index is 13.2. The number of thioether (sulfide) groups is 1. The first-order chi connectivity index (χ1) is 14.7. The molecule has 1 amide bonds. The second-order valence-corrected chi connectivity index (χ2v) is 8.82. The molecule has 2 heterocycles. The molecule has 162 valence electrons. The van der Waals surface area contributed by atoms with E-state index in [0.717, 1.165) is 29.6 Å². The summed E-state index contributed by atoms with van der Waals surface area (Å²) in [5.74, 6) is -0.601. The molecule has 0 spiro atoms. The van der Waals surface area contributed by atoms with Crippen LogP contribution in [0.25, 0.3) is 0 Å². The largest absolute Gasteiger partial charge is 0.433 e. The van der Waals surface area contributed by atoms with Gasteiger partial charge in [-0.15, -0.1) is 10.2 Å². The topological polar surface area (TPSA) is 72.7 Å². The third-order valence-electron chi connectivity index (χ3n) is 4.99. The number of aromatic nitrogens is 4. The van der Waals surface area contributed by atoms with Gasteiger partial charge in [0.1, 0.15) is 17.7 Å². The Labute approximate surface area is 181 Å². The van der Waals surface area contributed by atoms with Crippen LogP contribution in [0.4, 0.5) is 18.9 Å². The zero-order valence-corrected chi connectivity index (χ0v) is 17.7. The molecule has 3 aromatic rings. The molecule has 1 N–H and O–H groups in total. The average molecular weight is 447 g/mol. The van der Waals surface area contributed by atoms with Crippen molar-refractivity contribution in [2.75, 3.05) is 5.32 Å². The number of aryl methyl sites for hydroxylation is 1. The van der Waals surface area contributed by atoms with Crippen LogP contribution in [0.15, 0.2) is 47.9 Å². The van der Waals surface area contributed by atoms with Gasteiger partial charge in [0.15, 0.2) is 5.16 Å². The number of anilines is 1. The molecule has 31 heavy (non-hydrogen) atoms. The number of nitrogens with zero attached hydrogens (tertiary/aromatic N) is 4. The quantitative estimate of drug-likeness (QED) is 0.525. The molecule has 0 unspecified atom stereocenters. The molecule has 1 saturated carbocycles. The van der Waals surface area contributed by atoms with E-state index in [2.05, 4.69) is 20.5 Å². The third-order valence-corrected chi connectivity index (χ3v) is 6.19. The van der Waals surface area contributed by atoms with E-state index in [1.54, 1.807) is 24.5 Å². The van der Waals surface area contributed by atoms with Gasteiger partial charge in [-0.25, -0.2) is 4.98 Å². The first-order valence-corrected chi connectivity index (χ1v) is 10.6. The molecule has 10 heteroatoms. The Hall–Kier alpha value is -2.88. The summed E-state index contributed by atoms with van der Waals surface area (Å²) in [5, 5.41) is 11.4. The fraction of sp³-hybridized carbons (Fsp3) is 0.333. The predicted molar refractivity (Wildman–Crippen MR) is 111 cm³/mol. The molecule has 1 aliphatic rings. The van der Waals surface area contributed by atoms with Crippen molar-refractivity contribution in [2.24, 2.45) is 7.05 Å². The lowest BCUT2D eigenvalue weighted by atomic mass is 10.1. The van der Waals surface area contributed by atoms with Crippen LogP contribution in [-0.2, 0) is 13.2 Å². The molecule has 1 aliphatic carbocycles. The second-order valence-electron chi connectivity index (χ2n) is 7.51. The van der Waals surface area contributed by atoms with Crippen LogP contribution in [0.2, 0.25) is 0 Å². The van der Waals surface area contributed by atoms with Crippen LogP contribution in [0.3, 0.4) is 0 Å². The molecule has 1 fully saturated rings. The van der Waals surface area contributed by atoms with E-state index in [0.29, 0.717) is 11.3 Å². The molecule has 1 atom stereocenters. The van der Waals surface area contributed by atoms with E-state index in [9.17, 15) is 18.0 Å². The minimum atomic E-state index is -4.60. The van der Waals surface area contributed by atoms with E-state index < -0.39 is 17.8 Å². The number of nitrogens with one attached hydrogen (secondary N) is 1. The van der Waals surface area contributed by atoms with Gasteiger partial charge in [-0.3, -0.25) is 4.79 Å². The molecule has 0 saturated heterocycles. The van der Waals surface area contributed by atoms with Crippen molar-refractivity contribution in [2.45, 2.75) is 42.3 Å². The Morgan fingerprint density at radius 1 is 1.26 bits per heavy atom. The number of pyridine rings is 1. The van der Waals surface area contributed by atoms with Gasteiger partial charge >= 0.3 is 6.18 Å². The van der Waals surface area contributed by atoms with Crippen molar-refractivity contribution in [3.63, 3.8) is 0 Å². The van der Waals surface area contributed by atoms with Gasteiger partial charge in [-0.1, -0.05) is 23.9 Å². The minimum absolute atomic E-state index is 0.0212. The summed E-state index contributed by atoms with van der Waals surface area (Å²) in [6.07, 6.45) is -1.34. The first kappa shape index (κ1) is 21.4. The van der Waals surface area contributed by atoms with Gasteiger partial charge in [-0.2, -0.15) is 13.2 Å². The number of carbonyl (C=O) groups excluding carboxylic acids is 1. The van der Waals surface area contributed by atoms with Gasteiger partial charge in [0.2, 0.25) is 0 Å². The number of benzene rings is 1. The molecule has 2 aromatic heterocycles. The third kappa shape index (κ3) is 5.07. The number of carbonyl (C=O) groups is 1. The SMILES string of the molecule is C[C@H](Sc1nncn1C)c1cccc(NC(=O)c2cc(C3CC3)cc(C(F)(F)F)n2)c1. The minimum Gasteiger partial charge on any atom is -0.321 e. The highest BCUT2D eigenvalue weighted by molar-refractivity contribution is 7.99. The van der Waals surface area contributed by atoms with E-state index >= 15 is 0 Å². The number of rotatable bonds is 6. The van der Waals surface area contributed by atoms with Crippen molar-refractivity contribution in [3.05, 3.63) is 65.2 Å². The number of alkyl halides is 3. The fourth-order valence-corrected chi connectivity index (χ4v) is 4.04. The highest BCUT2D eigenvalue weighted by Crippen LogP contribution is 2.42. The van der Waals surface area contributed by atoms with Gasteiger partial charge < -0.3 is 9.88 Å². The summed E-state index contributed by atoms with van der Waals surface area (Å²) in [7, 11) is 1.85. The van der Waals surface area contributed by atoms with Crippen LogP contribution in [0, 0.1) is 0 Å². The Bertz CT molecular complexity index is 1110. The molecular formula is C21H20F3N5OS. The summed E-state index contributed by atoms with van der Waals surface area (Å²) in [6.45, 7) is 2.00. The highest BCUT2D eigenvalue weighted by Gasteiger charge is 2.35. The van der Waals surface area contributed by atoms with Crippen LogP contribution < -0.4 is 5.32 Å². The van der Waals surface area contributed by atoms with Crippen LogP contribution in [0.5, 0.6) is 0 Å². The zero-order chi connectivity index (χ0) is 22.2. The summed E-state index contributed by atoms with van der Waals surface area (Å²) >= 11 is 1.51. The average Bonchev–Trinajstić information content (AvgIpc) is 3.51. The molecule has 4 rings (SSSR count). The van der Waals surface area contributed by atoms with Gasteiger partial charge in [0, 0.05) is 18.0 Å². The predicted octanol–water partition coefficient (Wildman–Crippen LogP) is 5.21. The first-order valence-electron chi connectivity index (χ1n) is 9.72. The molecule has 0 aliphatic heterocycles.